The number of hydrogen-bond donors (Lipinski definition) is 1. The molecular formula is C19H18Cl2N4. The molecule has 1 heterocycles. The summed E-state index contributed by atoms with van der Waals surface area (Å²) in [4.78, 5) is 11.1. The van der Waals surface area contributed by atoms with Gasteiger partial charge in [0.2, 0.25) is 5.95 Å². The quantitative estimate of drug-likeness (QED) is 0.615. The van der Waals surface area contributed by atoms with E-state index in [4.69, 9.17) is 23.2 Å². The van der Waals surface area contributed by atoms with Gasteiger partial charge in [0.05, 0.1) is 0 Å². The fraction of sp³-hybridized carbons (Fsp3) is 0.158. The van der Waals surface area contributed by atoms with Gasteiger partial charge in [0.1, 0.15) is 5.82 Å². The van der Waals surface area contributed by atoms with Crippen LogP contribution in [0.2, 0.25) is 10.0 Å². The van der Waals surface area contributed by atoms with Crippen LogP contribution < -0.4 is 10.2 Å². The number of halogens is 2. The molecule has 0 saturated carbocycles. The smallest absolute Gasteiger partial charge is 0.227 e. The Balaban J connectivity index is 1.79. The molecule has 6 heteroatoms. The third-order valence-electron chi connectivity index (χ3n) is 3.66. The molecular weight excluding hydrogens is 355 g/mol. The minimum atomic E-state index is 0.573. The SMILES string of the molecule is CCN(Cc1ccccc1)c1nccc(Nc2cc(Cl)cc(Cl)c2)n1. The monoisotopic (exact) mass is 372 g/mol. The lowest BCUT2D eigenvalue weighted by Crippen LogP contribution is -2.24. The maximum atomic E-state index is 6.05. The Bertz CT molecular complexity index is 820. The highest BCUT2D eigenvalue weighted by Gasteiger charge is 2.09. The molecule has 3 aromatic rings. The molecule has 128 valence electrons. The molecule has 4 nitrogen and oxygen atoms in total. The highest BCUT2D eigenvalue weighted by molar-refractivity contribution is 6.35. The van der Waals surface area contributed by atoms with Crippen molar-refractivity contribution in [3.8, 4) is 0 Å². The molecule has 0 atom stereocenters. The number of nitrogens with zero attached hydrogens (tertiary/aromatic N) is 3. The second kappa shape index (κ2) is 8.19. The number of rotatable bonds is 6. The first kappa shape index (κ1) is 17.5. The molecule has 25 heavy (non-hydrogen) atoms. The first-order valence-corrected chi connectivity index (χ1v) is 8.74. The van der Waals surface area contributed by atoms with E-state index < -0.39 is 0 Å². The molecule has 0 aliphatic carbocycles. The molecule has 0 radical (unpaired) electrons. The Morgan fingerprint density at radius 1 is 1.00 bits per heavy atom. The van der Waals surface area contributed by atoms with E-state index in [2.05, 4.69) is 39.2 Å². The lowest BCUT2D eigenvalue weighted by Gasteiger charge is -2.21. The molecule has 0 aliphatic heterocycles. The lowest BCUT2D eigenvalue weighted by molar-refractivity contribution is 0.792. The fourth-order valence-electron chi connectivity index (χ4n) is 2.47. The summed E-state index contributed by atoms with van der Waals surface area (Å²) in [5.74, 6) is 1.36. The summed E-state index contributed by atoms with van der Waals surface area (Å²) in [7, 11) is 0. The van der Waals surface area contributed by atoms with E-state index in [1.54, 1.807) is 24.4 Å². The van der Waals surface area contributed by atoms with E-state index in [9.17, 15) is 0 Å². The summed E-state index contributed by atoms with van der Waals surface area (Å²) >= 11 is 12.1. The van der Waals surface area contributed by atoms with Gasteiger partial charge in [0, 0.05) is 35.0 Å². The van der Waals surface area contributed by atoms with Crippen molar-refractivity contribution in [3.63, 3.8) is 0 Å². The van der Waals surface area contributed by atoms with E-state index in [1.165, 1.54) is 5.56 Å². The highest BCUT2D eigenvalue weighted by Crippen LogP contribution is 2.25. The van der Waals surface area contributed by atoms with Gasteiger partial charge in [-0.3, -0.25) is 0 Å². The van der Waals surface area contributed by atoms with Gasteiger partial charge in [-0.2, -0.15) is 4.98 Å². The molecule has 0 bridgehead atoms. The van der Waals surface area contributed by atoms with Gasteiger partial charge in [0.15, 0.2) is 0 Å². The molecule has 0 spiro atoms. The normalized spacial score (nSPS) is 10.5. The number of hydrogen-bond acceptors (Lipinski definition) is 4. The van der Waals surface area contributed by atoms with E-state index in [0.717, 1.165) is 18.8 Å². The van der Waals surface area contributed by atoms with Crippen LogP contribution >= 0.6 is 23.2 Å². The minimum Gasteiger partial charge on any atom is -0.340 e. The molecule has 0 amide bonds. The van der Waals surface area contributed by atoms with Crippen LogP contribution in [0.25, 0.3) is 0 Å². The van der Waals surface area contributed by atoms with Crippen molar-refractivity contribution >= 4 is 40.7 Å². The predicted molar refractivity (Wildman–Crippen MR) is 105 cm³/mol. The van der Waals surface area contributed by atoms with Crippen LogP contribution in [0, 0.1) is 0 Å². The number of aromatic nitrogens is 2. The summed E-state index contributed by atoms with van der Waals surface area (Å²) in [5, 5.41) is 4.37. The molecule has 3 rings (SSSR count). The molecule has 0 fully saturated rings. The van der Waals surface area contributed by atoms with Gasteiger partial charge in [0.25, 0.3) is 0 Å². The Morgan fingerprint density at radius 3 is 2.40 bits per heavy atom. The van der Waals surface area contributed by atoms with Crippen LogP contribution in [0.15, 0.2) is 60.8 Å². The molecule has 0 aliphatic rings. The molecule has 1 aromatic heterocycles. The van der Waals surface area contributed by atoms with E-state index >= 15 is 0 Å². The molecule has 0 saturated heterocycles. The molecule has 0 unspecified atom stereocenters. The maximum Gasteiger partial charge on any atom is 0.227 e. The fourth-order valence-corrected chi connectivity index (χ4v) is 3.00. The largest absolute Gasteiger partial charge is 0.340 e. The summed E-state index contributed by atoms with van der Waals surface area (Å²) in [6.45, 7) is 3.65. The van der Waals surface area contributed by atoms with Gasteiger partial charge in [-0.1, -0.05) is 53.5 Å². The van der Waals surface area contributed by atoms with Gasteiger partial charge in [-0.15, -0.1) is 0 Å². The first-order chi connectivity index (χ1) is 12.1. The highest BCUT2D eigenvalue weighted by atomic mass is 35.5. The Hall–Kier alpha value is -2.30. The summed E-state index contributed by atoms with van der Waals surface area (Å²) in [5.41, 5.74) is 2.00. The zero-order chi connectivity index (χ0) is 17.6. The second-order valence-corrected chi connectivity index (χ2v) is 6.40. The topological polar surface area (TPSA) is 41.1 Å². The van der Waals surface area contributed by atoms with Crippen LogP contribution in [0.1, 0.15) is 12.5 Å². The third kappa shape index (κ3) is 4.84. The number of anilines is 3. The Labute approximate surface area is 157 Å². The Kier molecular flexibility index (Phi) is 5.74. The standard InChI is InChI=1S/C19H18Cl2N4/c1-2-25(13-14-6-4-3-5-7-14)19-22-9-8-18(24-19)23-17-11-15(20)10-16(21)12-17/h3-12H,2,13H2,1H3,(H,22,23,24). The first-order valence-electron chi connectivity index (χ1n) is 7.99. The van der Waals surface area contributed by atoms with Crippen molar-refractivity contribution < 1.29 is 0 Å². The predicted octanol–water partition coefficient (Wildman–Crippen LogP) is 5.55. The average Bonchev–Trinajstić information content (AvgIpc) is 2.60. The van der Waals surface area contributed by atoms with Gasteiger partial charge >= 0.3 is 0 Å². The lowest BCUT2D eigenvalue weighted by atomic mass is 10.2. The third-order valence-corrected chi connectivity index (χ3v) is 4.10. The summed E-state index contributed by atoms with van der Waals surface area (Å²) in [6, 6.07) is 17.4. The number of benzene rings is 2. The zero-order valence-electron chi connectivity index (χ0n) is 13.8. The van der Waals surface area contributed by atoms with Gasteiger partial charge < -0.3 is 10.2 Å². The zero-order valence-corrected chi connectivity index (χ0v) is 15.3. The summed E-state index contributed by atoms with van der Waals surface area (Å²) < 4.78 is 0. The second-order valence-electron chi connectivity index (χ2n) is 5.52. The van der Waals surface area contributed by atoms with Gasteiger partial charge in [-0.25, -0.2) is 4.98 Å². The number of nitrogens with one attached hydrogen (secondary N) is 1. The van der Waals surface area contributed by atoms with E-state index in [1.807, 2.05) is 24.3 Å². The molecule has 2 aromatic carbocycles. The van der Waals surface area contributed by atoms with Crippen molar-refractivity contribution in [2.45, 2.75) is 13.5 Å². The molecule has 1 N–H and O–H groups in total. The van der Waals surface area contributed by atoms with Gasteiger partial charge in [-0.05, 0) is 36.8 Å². The van der Waals surface area contributed by atoms with Crippen molar-refractivity contribution in [1.29, 1.82) is 0 Å². The van der Waals surface area contributed by atoms with Crippen molar-refractivity contribution in [2.24, 2.45) is 0 Å². The van der Waals surface area contributed by atoms with Crippen LogP contribution in [0.5, 0.6) is 0 Å². The van der Waals surface area contributed by atoms with Crippen LogP contribution in [0.3, 0.4) is 0 Å². The van der Waals surface area contributed by atoms with Crippen LogP contribution in [-0.4, -0.2) is 16.5 Å². The van der Waals surface area contributed by atoms with Crippen molar-refractivity contribution in [2.75, 3.05) is 16.8 Å². The van der Waals surface area contributed by atoms with Crippen molar-refractivity contribution in [1.82, 2.24) is 9.97 Å². The van der Waals surface area contributed by atoms with E-state index in [0.29, 0.717) is 21.8 Å². The average molecular weight is 373 g/mol. The van der Waals surface area contributed by atoms with E-state index in [-0.39, 0.29) is 0 Å². The summed E-state index contributed by atoms with van der Waals surface area (Å²) in [6.07, 6.45) is 1.74. The maximum absolute atomic E-state index is 6.05. The Morgan fingerprint density at radius 2 is 1.72 bits per heavy atom. The van der Waals surface area contributed by atoms with Crippen molar-refractivity contribution in [3.05, 3.63) is 76.4 Å². The van der Waals surface area contributed by atoms with Crippen LogP contribution in [0.4, 0.5) is 17.5 Å². The minimum absolute atomic E-state index is 0.573. The van der Waals surface area contributed by atoms with Crippen LogP contribution in [-0.2, 0) is 6.54 Å².